The van der Waals surface area contributed by atoms with Crippen molar-refractivity contribution >= 4 is 17.6 Å². The molecule has 1 saturated carbocycles. The number of aromatic nitrogens is 1. The van der Waals surface area contributed by atoms with Crippen molar-refractivity contribution in [3.63, 3.8) is 0 Å². The van der Waals surface area contributed by atoms with Crippen LogP contribution in [-0.4, -0.2) is 35.4 Å². The van der Waals surface area contributed by atoms with E-state index in [-0.39, 0.29) is 22.8 Å². The Balaban J connectivity index is 1.77. The lowest BCUT2D eigenvalue weighted by Crippen LogP contribution is -2.48. The van der Waals surface area contributed by atoms with Gasteiger partial charge >= 0.3 is 0 Å². The van der Waals surface area contributed by atoms with E-state index in [9.17, 15) is 26.7 Å². The molecule has 172 valence electrons. The van der Waals surface area contributed by atoms with E-state index in [1.54, 1.807) is 0 Å². The van der Waals surface area contributed by atoms with Crippen molar-refractivity contribution in [3.05, 3.63) is 47.4 Å². The summed E-state index contributed by atoms with van der Waals surface area (Å²) in [4.78, 5) is 20.2. The van der Waals surface area contributed by atoms with Crippen LogP contribution in [0, 0.1) is 18.7 Å². The first-order valence-corrected chi connectivity index (χ1v) is 9.70. The van der Waals surface area contributed by atoms with Gasteiger partial charge in [-0.3, -0.25) is 4.79 Å². The Morgan fingerprint density at radius 2 is 2.09 bits per heavy atom. The van der Waals surface area contributed by atoms with Gasteiger partial charge in [-0.1, -0.05) is 0 Å². The first kappa shape index (κ1) is 22.0. The lowest BCUT2D eigenvalue weighted by molar-refractivity contribution is -0.00398. The van der Waals surface area contributed by atoms with Gasteiger partial charge in [-0.15, -0.1) is 0 Å². The van der Waals surface area contributed by atoms with Crippen LogP contribution in [0.4, 0.5) is 27.6 Å². The number of carbonyl (C=O) groups is 1. The predicted molar refractivity (Wildman–Crippen MR) is 102 cm³/mol. The molecule has 7 nitrogen and oxygen atoms in total. The molecule has 4 rings (SSSR count). The fraction of sp³-hybridized carbons (Fsp3) is 0.450. The molecule has 32 heavy (non-hydrogen) atoms. The van der Waals surface area contributed by atoms with E-state index < -0.39 is 66.9 Å². The predicted octanol–water partition coefficient (Wildman–Crippen LogP) is 3.98. The summed E-state index contributed by atoms with van der Waals surface area (Å²) in [7, 11) is 0. The van der Waals surface area contributed by atoms with Gasteiger partial charge in [0.15, 0.2) is 11.6 Å². The Bertz CT molecular complexity index is 1070. The number of amides is 1. The molecule has 3 N–H and O–H groups in total. The highest BCUT2D eigenvalue weighted by Gasteiger charge is 2.60. The zero-order chi connectivity index (χ0) is 23.3. The van der Waals surface area contributed by atoms with Crippen molar-refractivity contribution in [3.8, 4) is 0 Å². The fourth-order valence-corrected chi connectivity index (χ4v) is 4.43. The van der Waals surface area contributed by atoms with Crippen LogP contribution < -0.4 is 11.1 Å². The summed E-state index contributed by atoms with van der Waals surface area (Å²) < 4.78 is 80.8. The highest BCUT2D eigenvalue weighted by molar-refractivity contribution is 6.02. The van der Waals surface area contributed by atoms with Crippen LogP contribution in [0.2, 0.25) is 0 Å². The number of nitrogens with zero attached hydrogens (tertiary/aromatic N) is 2. The van der Waals surface area contributed by atoms with Crippen LogP contribution in [0.5, 0.6) is 0 Å². The number of amidine groups is 1. The van der Waals surface area contributed by atoms with Crippen molar-refractivity contribution in [2.24, 2.45) is 16.6 Å². The minimum atomic E-state index is -3.21. The van der Waals surface area contributed by atoms with E-state index in [0.717, 1.165) is 18.4 Å². The lowest BCUT2D eigenvalue weighted by atomic mass is 9.73. The third kappa shape index (κ3) is 4.00. The number of nitrogens with two attached hydrogens (primary N) is 1. The van der Waals surface area contributed by atoms with E-state index in [2.05, 4.69) is 15.3 Å². The van der Waals surface area contributed by atoms with Gasteiger partial charge < -0.3 is 20.2 Å². The van der Waals surface area contributed by atoms with Crippen molar-refractivity contribution in [2.75, 3.05) is 5.32 Å². The maximum absolute atomic E-state index is 15.0. The van der Waals surface area contributed by atoms with Gasteiger partial charge in [0.25, 0.3) is 17.9 Å². The molecule has 1 aliphatic carbocycles. The quantitative estimate of drug-likeness (QED) is 0.660. The molecule has 0 saturated heterocycles. The first-order valence-electron chi connectivity index (χ1n) is 9.70. The zero-order valence-electron chi connectivity index (χ0n) is 16.7. The molecule has 1 aromatic carbocycles. The summed E-state index contributed by atoms with van der Waals surface area (Å²) in [5, 5.41) is 2.46. The molecule has 3 atom stereocenters. The summed E-state index contributed by atoms with van der Waals surface area (Å²) in [5.41, 5.74) is 3.13. The minimum absolute atomic E-state index is 0.0299. The highest BCUT2D eigenvalue weighted by Crippen LogP contribution is 2.55. The summed E-state index contributed by atoms with van der Waals surface area (Å²) in [6.45, 7) is 1.53. The van der Waals surface area contributed by atoms with Gasteiger partial charge in [0.05, 0.1) is 0 Å². The standard InChI is InChI=1S/C20H19F5N4O3/c1-9-27-14(8-31-9)17(30)28-10-2-3-13(21)11(4-10)20(7-16(22)23)12-5-19(24,25)6-15(12)32-18(26)29-20/h2-4,8,12,15-16H,5-7H2,1H3,(H2,26,29)(H,28,30)/t12-,15+,20+/m0/s1. The van der Waals surface area contributed by atoms with E-state index in [1.807, 2.05) is 0 Å². The van der Waals surface area contributed by atoms with Crippen molar-refractivity contribution in [1.82, 2.24) is 4.98 Å². The van der Waals surface area contributed by atoms with E-state index in [0.29, 0.717) is 0 Å². The van der Waals surface area contributed by atoms with Gasteiger partial charge in [0, 0.05) is 43.4 Å². The van der Waals surface area contributed by atoms with Crippen molar-refractivity contribution in [1.29, 1.82) is 0 Å². The smallest absolute Gasteiger partial charge is 0.283 e. The number of fused-ring (bicyclic) bond motifs is 1. The zero-order valence-corrected chi connectivity index (χ0v) is 16.7. The number of anilines is 1. The molecule has 2 aliphatic rings. The first-order chi connectivity index (χ1) is 15.0. The fourth-order valence-electron chi connectivity index (χ4n) is 4.43. The van der Waals surface area contributed by atoms with Crippen molar-refractivity contribution < 1.29 is 35.9 Å². The van der Waals surface area contributed by atoms with E-state index in [1.165, 1.54) is 13.0 Å². The summed E-state index contributed by atoms with van der Waals surface area (Å²) in [6, 6.07) is 2.66. The Morgan fingerprint density at radius 1 is 1.34 bits per heavy atom. The van der Waals surface area contributed by atoms with Gasteiger partial charge in [-0.05, 0) is 18.2 Å². The molecular formula is C20H19F5N4O3. The summed E-state index contributed by atoms with van der Waals surface area (Å²) in [5.74, 6) is -5.87. The summed E-state index contributed by atoms with van der Waals surface area (Å²) in [6.07, 6.45) is -5.72. The molecule has 0 spiro atoms. The number of benzene rings is 1. The average molecular weight is 458 g/mol. The Morgan fingerprint density at radius 3 is 2.75 bits per heavy atom. The largest absolute Gasteiger partial charge is 0.461 e. The molecule has 0 radical (unpaired) electrons. The molecule has 0 bridgehead atoms. The number of hydrogen-bond acceptors (Lipinski definition) is 6. The second-order valence-electron chi connectivity index (χ2n) is 7.90. The Kier molecular flexibility index (Phi) is 5.33. The van der Waals surface area contributed by atoms with Crippen LogP contribution in [0.15, 0.2) is 33.9 Å². The number of aliphatic imine (C=N–C) groups is 1. The topological polar surface area (TPSA) is 103 Å². The number of carbonyl (C=O) groups excluding carboxylic acids is 1. The number of aryl methyl sites for hydroxylation is 1. The number of nitrogens with one attached hydrogen (secondary N) is 1. The molecule has 2 heterocycles. The second kappa shape index (κ2) is 7.75. The van der Waals surface area contributed by atoms with Gasteiger partial charge in [-0.25, -0.2) is 31.9 Å². The minimum Gasteiger partial charge on any atom is -0.461 e. The molecule has 1 fully saturated rings. The SMILES string of the molecule is Cc1nc(C(=O)Nc2ccc(F)c([C@@]3(CC(F)F)N=C(N)O[C@@H]4CC(F)(F)C[C@@H]43)c2)co1. The maximum atomic E-state index is 15.0. The van der Waals surface area contributed by atoms with Gasteiger partial charge in [0.1, 0.15) is 23.7 Å². The number of ether oxygens (including phenoxy) is 1. The van der Waals surface area contributed by atoms with Crippen LogP contribution in [0.1, 0.15) is 41.2 Å². The van der Waals surface area contributed by atoms with Crippen LogP contribution in [0.3, 0.4) is 0 Å². The van der Waals surface area contributed by atoms with Crippen LogP contribution >= 0.6 is 0 Å². The molecule has 12 heteroatoms. The van der Waals surface area contributed by atoms with Crippen molar-refractivity contribution in [2.45, 2.75) is 50.2 Å². The number of rotatable bonds is 5. The van der Waals surface area contributed by atoms with E-state index in [4.69, 9.17) is 14.9 Å². The van der Waals surface area contributed by atoms with Gasteiger partial charge in [-0.2, -0.15) is 0 Å². The third-order valence-electron chi connectivity index (χ3n) is 5.67. The molecule has 0 unspecified atom stereocenters. The lowest BCUT2D eigenvalue weighted by Gasteiger charge is -2.42. The molecule has 1 aromatic heterocycles. The Hall–Kier alpha value is -3.18. The Labute approximate surface area is 178 Å². The average Bonchev–Trinajstić information content (AvgIpc) is 3.24. The molecular weight excluding hydrogens is 439 g/mol. The molecule has 1 amide bonds. The van der Waals surface area contributed by atoms with Crippen LogP contribution in [0.25, 0.3) is 0 Å². The summed E-state index contributed by atoms with van der Waals surface area (Å²) >= 11 is 0. The van der Waals surface area contributed by atoms with Crippen LogP contribution in [-0.2, 0) is 10.3 Å². The monoisotopic (exact) mass is 458 g/mol. The third-order valence-corrected chi connectivity index (χ3v) is 5.67. The number of alkyl halides is 4. The van der Waals surface area contributed by atoms with E-state index >= 15 is 0 Å². The van der Waals surface area contributed by atoms with Gasteiger partial charge in [0.2, 0.25) is 6.43 Å². The maximum Gasteiger partial charge on any atom is 0.283 e. The number of halogens is 5. The molecule has 1 aliphatic heterocycles. The second-order valence-corrected chi connectivity index (χ2v) is 7.90. The molecule has 2 aromatic rings. The number of oxazole rings is 1. The normalized spacial score (nSPS) is 26.4. The highest BCUT2D eigenvalue weighted by atomic mass is 19.3. The number of hydrogen-bond donors (Lipinski definition) is 2.